The Labute approximate surface area is 175 Å². The Morgan fingerprint density at radius 1 is 1.18 bits per heavy atom. The molecule has 2 N–H and O–H groups in total. The molecule has 1 heterocycles. The van der Waals surface area contributed by atoms with Gasteiger partial charge in [0, 0.05) is 0 Å². The van der Waals surface area contributed by atoms with Crippen molar-refractivity contribution in [2.45, 2.75) is 13.8 Å². The zero-order chi connectivity index (χ0) is 20.1. The van der Waals surface area contributed by atoms with Crippen molar-refractivity contribution in [1.29, 1.82) is 0 Å². The fourth-order valence-corrected chi connectivity index (χ4v) is 3.78. The molecule has 8 heteroatoms. The molecule has 1 aliphatic heterocycles. The number of phenols is 1. The summed E-state index contributed by atoms with van der Waals surface area (Å²) < 4.78 is 11.3. The van der Waals surface area contributed by atoms with Gasteiger partial charge >= 0.3 is 0 Å². The smallest absolute Gasteiger partial charge is 0.264 e. The number of rotatable bonds is 6. The molecule has 0 spiro atoms. The van der Waals surface area contributed by atoms with Gasteiger partial charge in [-0.15, -0.1) is 0 Å². The van der Waals surface area contributed by atoms with Crippen molar-refractivity contribution in [1.82, 2.24) is 5.32 Å². The molecule has 1 aliphatic rings. The lowest BCUT2D eigenvalue weighted by Crippen LogP contribution is -2.19. The maximum atomic E-state index is 12.3. The van der Waals surface area contributed by atoms with Gasteiger partial charge in [0.25, 0.3) is 5.91 Å². The molecule has 0 radical (unpaired) electrons. The van der Waals surface area contributed by atoms with Crippen LogP contribution in [0.2, 0.25) is 0 Å². The Hall–Kier alpha value is -2.45. The molecule has 1 saturated heterocycles. The van der Waals surface area contributed by atoms with Crippen molar-refractivity contribution in [2.24, 2.45) is 4.99 Å². The minimum Gasteiger partial charge on any atom is -0.503 e. The largest absolute Gasteiger partial charge is 0.503 e. The summed E-state index contributed by atoms with van der Waals surface area (Å²) in [5, 5.41) is 13.3. The van der Waals surface area contributed by atoms with E-state index in [4.69, 9.17) is 9.47 Å². The summed E-state index contributed by atoms with van der Waals surface area (Å²) in [5.74, 6) is 0.940. The third-order valence-corrected chi connectivity index (χ3v) is 5.19. The number of phenolic OH excluding ortho intramolecular Hbond substituents is 1. The summed E-state index contributed by atoms with van der Waals surface area (Å²) in [6, 6.07) is 10.7. The third-order valence-electron chi connectivity index (χ3n) is 3.68. The topological polar surface area (TPSA) is 80.2 Å². The first kappa shape index (κ1) is 20.3. The molecule has 2 aromatic rings. The molecule has 1 fully saturated rings. The number of benzene rings is 2. The summed E-state index contributed by atoms with van der Waals surface area (Å²) in [6.45, 7) is 4.79. The predicted octanol–water partition coefficient (Wildman–Crippen LogP) is 4.84. The average Bonchev–Trinajstić information content (AvgIpc) is 3.00. The van der Waals surface area contributed by atoms with Crippen molar-refractivity contribution in [3.8, 4) is 17.2 Å². The number of carbonyl (C=O) groups excluding carboxylic acids is 1. The summed E-state index contributed by atoms with van der Waals surface area (Å²) in [4.78, 5) is 17.2. The van der Waals surface area contributed by atoms with E-state index in [9.17, 15) is 9.90 Å². The molecule has 1 amide bonds. The standard InChI is InChI=1S/C20H19BrN2O4S/c1-3-26-14-7-5-13(6-8-14)22-20-23-19(25)17(28-20)11-12-9-15(21)18(24)16(10-12)27-4-2/h5-11,24H,3-4H2,1-2H3,(H,22,23,25)/b17-11-. The number of ether oxygens (including phenoxy) is 2. The number of halogens is 1. The van der Waals surface area contributed by atoms with E-state index in [1.54, 1.807) is 18.2 Å². The Kier molecular flexibility index (Phi) is 6.64. The van der Waals surface area contributed by atoms with Gasteiger partial charge in [-0.3, -0.25) is 4.79 Å². The molecule has 3 rings (SSSR count). The quantitative estimate of drug-likeness (QED) is 0.600. The van der Waals surface area contributed by atoms with Crippen molar-refractivity contribution in [2.75, 3.05) is 13.2 Å². The van der Waals surface area contributed by atoms with E-state index in [1.807, 2.05) is 38.1 Å². The number of amidine groups is 1. The van der Waals surface area contributed by atoms with Gasteiger partial charge in [-0.25, -0.2) is 4.99 Å². The molecule has 0 unspecified atom stereocenters. The van der Waals surface area contributed by atoms with Gasteiger partial charge in [-0.2, -0.15) is 0 Å². The molecular weight excluding hydrogens is 444 g/mol. The molecule has 0 bridgehead atoms. The normalized spacial score (nSPS) is 16.5. The summed E-state index contributed by atoms with van der Waals surface area (Å²) in [5.41, 5.74) is 1.45. The first-order valence-electron chi connectivity index (χ1n) is 8.68. The minimum atomic E-state index is -0.225. The zero-order valence-corrected chi connectivity index (χ0v) is 17.8. The van der Waals surface area contributed by atoms with Crippen molar-refractivity contribution in [3.63, 3.8) is 0 Å². The van der Waals surface area contributed by atoms with E-state index in [-0.39, 0.29) is 11.7 Å². The van der Waals surface area contributed by atoms with Crippen LogP contribution < -0.4 is 14.8 Å². The van der Waals surface area contributed by atoms with Gasteiger partial charge in [-0.05, 0) is 89.6 Å². The first-order valence-corrected chi connectivity index (χ1v) is 10.3. The van der Waals surface area contributed by atoms with Crippen LogP contribution >= 0.6 is 27.7 Å². The lowest BCUT2D eigenvalue weighted by Gasteiger charge is -2.08. The van der Waals surface area contributed by atoms with E-state index in [1.165, 1.54) is 11.8 Å². The van der Waals surface area contributed by atoms with E-state index in [0.717, 1.165) is 17.0 Å². The summed E-state index contributed by atoms with van der Waals surface area (Å²) in [7, 11) is 0. The summed E-state index contributed by atoms with van der Waals surface area (Å²) >= 11 is 4.56. The van der Waals surface area contributed by atoms with Crippen LogP contribution in [-0.4, -0.2) is 29.4 Å². The predicted molar refractivity (Wildman–Crippen MR) is 115 cm³/mol. The monoisotopic (exact) mass is 462 g/mol. The highest BCUT2D eigenvalue weighted by Crippen LogP contribution is 2.37. The second kappa shape index (κ2) is 9.16. The lowest BCUT2D eigenvalue weighted by atomic mass is 10.2. The fourth-order valence-electron chi connectivity index (χ4n) is 2.48. The number of hydrogen-bond acceptors (Lipinski definition) is 6. The Bertz CT molecular complexity index is 942. The molecule has 0 aliphatic carbocycles. The van der Waals surface area contributed by atoms with Crippen LogP contribution in [0.5, 0.6) is 17.2 Å². The van der Waals surface area contributed by atoms with Crippen LogP contribution in [0.3, 0.4) is 0 Å². The second-order valence-corrected chi connectivity index (χ2v) is 7.58. The van der Waals surface area contributed by atoms with Crippen LogP contribution in [0.25, 0.3) is 6.08 Å². The molecule has 2 aromatic carbocycles. The molecule has 0 aromatic heterocycles. The Balaban J connectivity index is 1.80. The molecular formula is C20H19BrN2O4S. The highest BCUT2D eigenvalue weighted by Gasteiger charge is 2.24. The van der Waals surface area contributed by atoms with Crippen molar-refractivity contribution in [3.05, 3.63) is 51.3 Å². The van der Waals surface area contributed by atoms with Gasteiger partial charge in [0.15, 0.2) is 16.7 Å². The highest BCUT2D eigenvalue weighted by molar-refractivity contribution is 9.10. The van der Waals surface area contributed by atoms with E-state index >= 15 is 0 Å². The maximum Gasteiger partial charge on any atom is 0.264 e. The maximum absolute atomic E-state index is 12.3. The molecule has 28 heavy (non-hydrogen) atoms. The Morgan fingerprint density at radius 3 is 2.57 bits per heavy atom. The molecule has 6 nitrogen and oxygen atoms in total. The van der Waals surface area contributed by atoms with Gasteiger partial charge in [0.1, 0.15) is 5.75 Å². The van der Waals surface area contributed by atoms with Crippen LogP contribution in [0.1, 0.15) is 19.4 Å². The number of thioether (sulfide) groups is 1. The number of aromatic hydroxyl groups is 1. The van der Waals surface area contributed by atoms with E-state index in [2.05, 4.69) is 26.2 Å². The van der Waals surface area contributed by atoms with E-state index < -0.39 is 0 Å². The van der Waals surface area contributed by atoms with Gasteiger partial charge in [0.05, 0.1) is 28.3 Å². The number of nitrogens with one attached hydrogen (secondary N) is 1. The van der Waals surface area contributed by atoms with Gasteiger partial charge < -0.3 is 19.9 Å². The van der Waals surface area contributed by atoms with Crippen molar-refractivity contribution >= 4 is 50.5 Å². The minimum absolute atomic E-state index is 0.0327. The van der Waals surface area contributed by atoms with Gasteiger partial charge in [-0.1, -0.05) is 0 Å². The number of nitrogens with zero attached hydrogens (tertiary/aromatic N) is 1. The van der Waals surface area contributed by atoms with Crippen LogP contribution in [0.15, 0.2) is 50.8 Å². The van der Waals surface area contributed by atoms with Crippen molar-refractivity contribution < 1.29 is 19.4 Å². The number of hydrogen-bond donors (Lipinski definition) is 2. The van der Waals surface area contributed by atoms with Crippen LogP contribution in [0, 0.1) is 0 Å². The Morgan fingerprint density at radius 2 is 1.89 bits per heavy atom. The number of carbonyl (C=O) groups is 1. The van der Waals surface area contributed by atoms with E-state index in [0.29, 0.717) is 33.5 Å². The lowest BCUT2D eigenvalue weighted by molar-refractivity contribution is -0.115. The molecule has 146 valence electrons. The summed E-state index contributed by atoms with van der Waals surface area (Å²) in [6.07, 6.45) is 1.73. The van der Waals surface area contributed by atoms with Gasteiger partial charge in [0.2, 0.25) is 0 Å². The fraction of sp³-hybridized carbons (Fsp3) is 0.200. The first-order chi connectivity index (χ1) is 13.5. The highest BCUT2D eigenvalue weighted by atomic mass is 79.9. The second-order valence-electron chi connectivity index (χ2n) is 5.69. The van der Waals surface area contributed by atoms with Crippen LogP contribution in [0.4, 0.5) is 5.69 Å². The average molecular weight is 463 g/mol. The zero-order valence-electron chi connectivity index (χ0n) is 15.4. The number of amides is 1. The SMILES string of the molecule is CCOc1ccc(N=C2NC(=O)/C(=C/c3cc(Br)c(O)c(OCC)c3)S2)cc1. The molecule has 0 saturated carbocycles. The third kappa shape index (κ3) is 4.88. The van der Waals surface area contributed by atoms with Crippen LogP contribution in [-0.2, 0) is 4.79 Å². The molecule has 0 atom stereocenters. The number of aliphatic imine (C=N–C) groups is 1.